The van der Waals surface area contributed by atoms with Gasteiger partial charge in [-0.3, -0.25) is 4.79 Å². The van der Waals surface area contributed by atoms with Crippen molar-refractivity contribution in [3.63, 3.8) is 0 Å². The minimum atomic E-state index is -0.232. The third-order valence-electron chi connectivity index (χ3n) is 2.14. The van der Waals surface area contributed by atoms with Gasteiger partial charge in [0.15, 0.2) is 5.78 Å². The highest BCUT2D eigenvalue weighted by Crippen LogP contribution is 2.11. The fourth-order valence-corrected chi connectivity index (χ4v) is 1.24. The third kappa shape index (κ3) is 4.50. The Labute approximate surface area is 75.3 Å². The van der Waals surface area contributed by atoms with Crippen LogP contribution in [0.1, 0.15) is 40.0 Å². The van der Waals surface area contributed by atoms with E-state index < -0.39 is 0 Å². The molecule has 0 bridgehead atoms. The quantitative estimate of drug-likeness (QED) is 0.615. The molecule has 0 saturated heterocycles. The molecule has 0 N–H and O–H groups in total. The molecule has 0 saturated carbocycles. The Morgan fingerprint density at radius 3 is 2.42 bits per heavy atom. The van der Waals surface area contributed by atoms with Gasteiger partial charge in [0, 0.05) is 13.5 Å². The molecule has 0 aromatic carbocycles. The summed E-state index contributed by atoms with van der Waals surface area (Å²) in [6.45, 7) is 6.06. The van der Waals surface area contributed by atoms with E-state index in [1.54, 1.807) is 14.0 Å². The molecule has 0 aromatic heterocycles. The van der Waals surface area contributed by atoms with E-state index >= 15 is 0 Å². The summed E-state index contributed by atoms with van der Waals surface area (Å²) in [5.74, 6) is 0.721. The van der Waals surface area contributed by atoms with Crippen LogP contribution in [0.2, 0.25) is 0 Å². The number of hydrogen-bond acceptors (Lipinski definition) is 2. The SMILES string of the molecule is CCCC(C)CC(=O)C(C)OC. The Kier molecular flexibility index (Phi) is 5.99. The predicted octanol–water partition coefficient (Wildman–Crippen LogP) is 2.42. The van der Waals surface area contributed by atoms with Gasteiger partial charge in [0.2, 0.25) is 0 Å². The van der Waals surface area contributed by atoms with Crippen LogP contribution in [0.3, 0.4) is 0 Å². The molecule has 0 radical (unpaired) electrons. The van der Waals surface area contributed by atoms with E-state index in [0.29, 0.717) is 12.3 Å². The van der Waals surface area contributed by atoms with Crippen LogP contribution >= 0.6 is 0 Å². The minimum absolute atomic E-state index is 0.221. The van der Waals surface area contributed by atoms with Crippen LogP contribution in [0.25, 0.3) is 0 Å². The van der Waals surface area contributed by atoms with E-state index in [4.69, 9.17) is 4.74 Å². The fraction of sp³-hybridized carbons (Fsp3) is 0.900. The topological polar surface area (TPSA) is 26.3 Å². The van der Waals surface area contributed by atoms with Crippen molar-refractivity contribution in [2.24, 2.45) is 5.92 Å². The molecule has 2 nitrogen and oxygen atoms in total. The van der Waals surface area contributed by atoms with E-state index in [9.17, 15) is 4.79 Å². The summed E-state index contributed by atoms with van der Waals surface area (Å²) in [4.78, 5) is 11.3. The molecule has 0 aliphatic carbocycles. The Bertz CT molecular complexity index is 132. The van der Waals surface area contributed by atoms with Crippen molar-refractivity contribution in [1.82, 2.24) is 0 Å². The number of hydrogen-bond donors (Lipinski definition) is 0. The Morgan fingerprint density at radius 2 is 2.00 bits per heavy atom. The summed E-state index contributed by atoms with van der Waals surface area (Å²) < 4.78 is 4.94. The largest absolute Gasteiger partial charge is 0.374 e. The average Bonchev–Trinajstić information content (AvgIpc) is 2.03. The van der Waals surface area contributed by atoms with Gasteiger partial charge < -0.3 is 4.74 Å². The van der Waals surface area contributed by atoms with Gasteiger partial charge in [-0.05, 0) is 12.8 Å². The zero-order valence-corrected chi connectivity index (χ0v) is 8.59. The zero-order valence-electron chi connectivity index (χ0n) is 8.59. The molecule has 0 fully saturated rings. The maximum atomic E-state index is 11.3. The van der Waals surface area contributed by atoms with E-state index in [-0.39, 0.29) is 11.9 Å². The lowest BCUT2D eigenvalue weighted by molar-refractivity contribution is -0.128. The Morgan fingerprint density at radius 1 is 1.42 bits per heavy atom. The van der Waals surface area contributed by atoms with Crippen LogP contribution in [0.15, 0.2) is 0 Å². The van der Waals surface area contributed by atoms with Crippen LogP contribution < -0.4 is 0 Å². The van der Waals surface area contributed by atoms with Crippen molar-refractivity contribution in [3.8, 4) is 0 Å². The second-order valence-electron chi connectivity index (χ2n) is 3.44. The number of ether oxygens (including phenoxy) is 1. The van der Waals surface area contributed by atoms with Gasteiger partial charge in [-0.15, -0.1) is 0 Å². The summed E-state index contributed by atoms with van der Waals surface area (Å²) >= 11 is 0. The molecule has 0 amide bonds. The molecule has 0 aromatic rings. The Balaban J connectivity index is 3.67. The molecule has 72 valence electrons. The second-order valence-corrected chi connectivity index (χ2v) is 3.44. The first-order valence-corrected chi connectivity index (χ1v) is 4.67. The maximum absolute atomic E-state index is 11.3. The molecule has 0 aliphatic rings. The lowest BCUT2D eigenvalue weighted by Crippen LogP contribution is -2.21. The lowest BCUT2D eigenvalue weighted by atomic mass is 9.98. The highest BCUT2D eigenvalue weighted by molar-refractivity contribution is 5.82. The van der Waals surface area contributed by atoms with Crippen molar-refractivity contribution < 1.29 is 9.53 Å². The summed E-state index contributed by atoms with van der Waals surface area (Å²) in [7, 11) is 1.58. The molecular formula is C10H20O2. The Hall–Kier alpha value is -0.370. The molecular weight excluding hydrogens is 152 g/mol. The summed E-state index contributed by atoms with van der Waals surface area (Å²) in [6.07, 6.45) is 2.70. The first kappa shape index (κ1) is 11.6. The third-order valence-corrected chi connectivity index (χ3v) is 2.14. The normalized spacial score (nSPS) is 15.7. The predicted molar refractivity (Wildman–Crippen MR) is 50.2 cm³/mol. The molecule has 0 rings (SSSR count). The van der Waals surface area contributed by atoms with Crippen LogP contribution in [0.4, 0.5) is 0 Å². The van der Waals surface area contributed by atoms with Gasteiger partial charge in [0.1, 0.15) is 6.10 Å². The van der Waals surface area contributed by atoms with Gasteiger partial charge in [-0.25, -0.2) is 0 Å². The number of rotatable bonds is 6. The lowest BCUT2D eigenvalue weighted by Gasteiger charge is -2.12. The summed E-state index contributed by atoms with van der Waals surface area (Å²) in [6, 6.07) is 0. The number of ketones is 1. The zero-order chi connectivity index (χ0) is 9.56. The highest BCUT2D eigenvalue weighted by atomic mass is 16.5. The first-order chi connectivity index (χ1) is 5.61. The molecule has 0 heterocycles. The van der Waals surface area contributed by atoms with Gasteiger partial charge in [0.05, 0.1) is 0 Å². The fourth-order valence-electron chi connectivity index (χ4n) is 1.24. The van der Waals surface area contributed by atoms with E-state index in [1.807, 2.05) is 0 Å². The van der Waals surface area contributed by atoms with Gasteiger partial charge in [-0.1, -0.05) is 26.7 Å². The number of carbonyl (C=O) groups is 1. The first-order valence-electron chi connectivity index (χ1n) is 4.67. The highest BCUT2D eigenvalue weighted by Gasteiger charge is 2.14. The molecule has 2 atom stereocenters. The number of carbonyl (C=O) groups excluding carboxylic acids is 1. The van der Waals surface area contributed by atoms with Crippen LogP contribution in [-0.4, -0.2) is 19.0 Å². The number of Topliss-reactive ketones (excluding diaryl/α,β-unsaturated/α-hetero) is 1. The second kappa shape index (κ2) is 6.18. The maximum Gasteiger partial charge on any atom is 0.161 e. The van der Waals surface area contributed by atoms with E-state index in [0.717, 1.165) is 12.8 Å². The molecule has 2 heteroatoms. The molecule has 0 aliphatic heterocycles. The summed E-state index contributed by atoms with van der Waals surface area (Å²) in [5.41, 5.74) is 0. The minimum Gasteiger partial charge on any atom is -0.374 e. The van der Waals surface area contributed by atoms with Crippen molar-refractivity contribution in [3.05, 3.63) is 0 Å². The van der Waals surface area contributed by atoms with Crippen LogP contribution in [0.5, 0.6) is 0 Å². The van der Waals surface area contributed by atoms with Gasteiger partial charge >= 0.3 is 0 Å². The monoisotopic (exact) mass is 172 g/mol. The van der Waals surface area contributed by atoms with Crippen molar-refractivity contribution in [2.45, 2.75) is 46.1 Å². The molecule has 2 unspecified atom stereocenters. The van der Waals surface area contributed by atoms with Crippen molar-refractivity contribution >= 4 is 5.78 Å². The average molecular weight is 172 g/mol. The smallest absolute Gasteiger partial charge is 0.161 e. The van der Waals surface area contributed by atoms with E-state index in [1.165, 1.54) is 0 Å². The van der Waals surface area contributed by atoms with E-state index in [2.05, 4.69) is 13.8 Å². The van der Waals surface area contributed by atoms with Crippen molar-refractivity contribution in [1.29, 1.82) is 0 Å². The standard InChI is InChI=1S/C10H20O2/c1-5-6-8(2)7-10(11)9(3)12-4/h8-9H,5-7H2,1-4H3. The van der Waals surface area contributed by atoms with Crippen LogP contribution in [-0.2, 0) is 9.53 Å². The molecule has 0 spiro atoms. The molecule has 12 heavy (non-hydrogen) atoms. The van der Waals surface area contributed by atoms with Gasteiger partial charge in [-0.2, -0.15) is 0 Å². The van der Waals surface area contributed by atoms with Crippen LogP contribution in [0, 0.1) is 5.92 Å². The number of methoxy groups -OCH3 is 1. The van der Waals surface area contributed by atoms with Gasteiger partial charge in [0.25, 0.3) is 0 Å². The van der Waals surface area contributed by atoms with Crippen molar-refractivity contribution in [2.75, 3.05) is 7.11 Å². The summed E-state index contributed by atoms with van der Waals surface area (Å²) in [5, 5.41) is 0.